The molecule has 2 saturated heterocycles. The second kappa shape index (κ2) is 23.8. The number of rotatable bonds is 30. The minimum Gasteiger partial charge on any atom is -0.374 e. The van der Waals surface area contributed by atoms with Gasteiger partial charge in [-0.05, 0) is 79.7 Å². The fourth-order valence-corrected chi connectivity index (χ4v) is 13.4. The predicted octanol–water partition coefficient (Wildman–Crippen LogP) is 5.36. The molecule has 2 aliphatic rings. The zero-order valence-electron chi connectivity index (χ0n) is 30.6. The Hall–Kier alpha value is -0.646. The van der Waals surface area contributed by atoms with E-state index >= 15 is 0 Å². The Morgan fingerprint density at radius 3 is 1.08 bits per heavy atom. The van der Waals surface area contributed by atoms with Gasteiger partial charge in [0.15, 0.2) is 12.3 Å². The highest BCUT2D eigenvalue weighted by atomic mass is 32.2. The van der Waals surface area contributed by atoms with Gasteiger partial charge in [-0.25, -0.2) is 9.59 Å². The molecule has 0 radical (unpaired) electrons. The molecular formula is C30H62N4O10S2Si2. The molecule has 4 amide bonds. The molecule has 18 heteroatoms. The molecule has 2 heterocycles. The largest absolute Gasteiger partial charge is 0.500 e. The molecule has 0 aromatic carbocycles. The van der Waals surface area contributed by atoms with Crippen molar-refractivity contribution >= 4 is 53.2 Å². The maximum Gasteiger partial charge on any atom is 0.500 e. The normalized spacial score (nSPS) is 18.6. The molecule has 0 saturated carbocycles. The molecule has 2 atom stereocenters. The lowest BCUT2D eigenvalue weighted by molar-refractivity contribution is 0.00699. The number of hydrogen-bond acceptors (Lipinski definition) is 12. The first-order valence-electron chi connectivity index (χ1n) is 17.6. The SMILES string of the molecule is CCOCN1C(=O)N(CSCCC[Si](OCC)(OCC)OCC)C2C1N(CSCCC[Si](OCC)(OCC)OCC)C(=O)N2COCC. The maximum absolute atomic E-state index is 13.9. The number of carbonyl (C=O) groups is 2. The highest BCUT2D eigenvalue weighted by Crippen LogP contribution is 2.37. The Balaban J connectivity index is 2.14. The van der Waals surface area contributed by atoms with Gasteiger partial charge in [0.1, 0.15) is 13.5 Å². The molecule has 2 rings (SSSR count). The lowest BCUT2D eigenvalue weighted by Crippen LogP contribution is -2.47. The fourth-order valence-electron chi connectivity index (χ4n) is 5.78. The van der Waals surface area contributed by atoms with E-state index < -0.39 is 29.9 Å². The van der Waals surface area contributed by atoms with E-state index in [0.717, 1.165) is 24.3 Å². The number of nitrogens with zero attached hydrogens (tertiary/aromatic N) is 4. The molecule has 2 aliphatic heterocycles. The van der Waals surface area contributed by atoms with Gasteiger partial charge in [0, 0.05) is 64.9 Å². The monoisotopic (exact) mass is 758 g/mol. The van der Waals surface area contributed by atoms with Crippen molar-refractivity contribution in [1.82, 2.24) is 19.6 Å². The van der Waals surface area contributed by atoms with Crippen LogP contribution in [0.5, 0.6) is 0 Å². The van der Waals surface area contributed by atoms with Gasteiger partial charge in [-0.1, -0.05) is 0 Å². The van der Waals surface area contributed by atoms with Gasteiger partial charge in [0.05, 0.1) is 11.8 Å². The number of urea groups is 2. The molecule has 0 spiro atoms. The van der Waals surface area contributed by atoms with Crippen LogP contribution in [0.4, 0.5) is 9.59 Å². The van der Waals surface area contributed by atoms with E-state index in [9.17, 15) is 9.59 Å². The van der Waals surface area contributed by atoms with E-state index in [1.54, 1.807) is 43.1 Å². The van der Waals surface area contributed by atoms with Crippen LogP contribution in [0, 0.1) is 0 Å². The van der Waals surface area contributed by atoms with Crippen molar-refractivity contribution in [3.63, 3.8) is 0 Å². The first-order valence-corrected chi connectivity index (χ1v) is 23.7. The Morgan fingerprint density at radius 2 is 0.812 bits per heavy atom. The van der Waals surface area contributed by atoms with Gasteiger partial charge in [-0.3, -0.25) is 19.6 Å². The summed E-state index contributed by atoms with van der Waals surface area (Å²) in [4.78, 5) is 34.7. The van der Waals surface area contributed by atoms with Crippen LogP contribution in [0.25, 0.3) is 0 Å². The van der Waals surface area contributed by atoms with Crippen LogP contribution < -0.4 is 0 Å². The summed E-state index contributed by atoms with van der Waals surface area (Å²) in [5.74, 6) is 2.41. The average molecular weight is 759 g/mol. The summed E-state index contributed by atoms with van der Waals surface area (Å²) >= 11 is 3.30. The standard InChI is InChI=1S/C30H62N4O10S2Si2/c1-9-37-23-31-27-28(34(29(31)35)26-46-20-18-22-48(42-14-6,43-15-7)44-16-8)32(24-38-10-2)30(36)33(27)25-45-19-17-21-47(39-11-3,40-12-4)41-13-5/h27-28H,9-26H2,1-8H3. The summed E-state index contributed by atoms with van der Waals surface area (Å²) < 4.78 is 47.5. The van der Waals surface area contributed by atoms with Crippen LogP contribution >= 0.6 is 23.5 Å². The topological polar surface area (TPSA) is 121 Å². The van der Waals surface area contributed by atoms with E-state index in [4.69, 9.17) is 36.0 Å². The number of ether oxygens (including phenoxy) is 2. The van der Waals surface area contributed by atoms with Crippen molar-refractivity contribution in [3.8, 4) is 0 Å². The molecule has 48 heavy (non-hydrogen) atoms. The van der Waals surface area contributed by atoms with Gasteiger partial charge in [0.25, 0.3) is 0 Å². The number of hydrogen-bond donors (Lipinski definition) is 0. The summed E-state index contributed by atoms with van der Waals surface area (Å²) in [6, 6.07) is 1.10. The number of amides is 4. The highest BCUT2D eigenvalue weighted by Gasteiger charge is 2.59. The minimum absolute atomic E-state index is 0.102. The van der Waals surface area contributed by atoms with Crippen molar-refractivity contribution in [1.29, 1.82) is 0 Å². The second-order valence-electron chi connectivity index (χ2n) is 10.8. The predicted molar refractivity (Wildman–Crippen MR) is 193 cm³/mol. The van der Waals surface area contributed by atoms with Crippen molar-refractivity contribution in [3.05, 3.63) is 0 Å². The quantitative estimate of drug-likeness (QED) is 0.0693. The smallest absolute Gasteiger partial charge is 0.374 e. The van der Waals surface area contributed by atoms with Crippen molar-refractivity contribution in [2.45, 2.75) is 92.7 Å². The first-order chi connectivity index (χ1) is 23.3. The summed E-state index contributed by atoms with van der Waals surface area (Å²) in [5.41, 5.74) is 0. The third kappa shape index (κ3) is 12.2. The lowest BCUT2D eigenvalue weighted by atomic mass is 10.3. The lowest BCUT2D eigenvalue weighted by Gasteiger charge is -2.30. The Labute approximate surface area is 299 Å². The van der Waals surface area contributed by atoms with E-state index in [1.807, 2.05) is 55.4 Å². The Kier molecular flexibility index (Phi) is 21.5. The molecular weight excluding hydrogens is 697 g/mol. The minimum atomic E-state index is -2.74. The molecule has 14 nitrogen and oxygen atoms in total. The maximum atomic E-state index is 13.9. The molecule has 0 N–H and O–H groups in total. The fraction of sp³-hybridized carbons (Fsp3) is 0.933. The number of fused-ring (bicyclic) bond motifs is 1. The summed E-state index contributed by atoms with van der Waals surface area (Å²) in [6.45, 7) is 19.9. The van der Waals surface area contributed by atoms with Crippen molar-refractivity contribution in [2.75, 3.05) is 89.6 Å². The molecule has 2 unspecified atom stereocenters. The molecule has 0 bridgehead atoms. The van der Waals surface area contributed by atoms with Crippen LogP contribution in [-0.2, 0) is 36.0 Å². The van der Waals surface area contributed by atoms with Crippen molar-refractivity contribution in [2.24, 2.45) is 0 Å². The molecule has 0 aromatic heterocycles. The summed E-state index contributed by atoms with van der Waals surface area (Å²) in [7, 11) is -5.48. The van der Waals surface area contributed by atoms with E-state index in [-0.39, 0.29) is 25.5 Å². The third-order valence-electron chi connectivity index (χ3n) is 7.59. The highest BCUT2D eigenvalue weighted by molar-refractivity contribution is 7.99. The second-order valence-corrected chi connectivity index (χ2v) is 18.4. The van der Waals surface area contributed by atoms with Gasteiger partial charge in [-0.15, -0.1) is 23.5 Å². The van der Waals surface area contributed by atoms with Gasteiger partial charge < -0.3 is 36.0 Å². The van der Waals surface area contributed by atoms with Gasteiger partial charge >= 0.3 is 29.7 Å². The van der Waals surface area contributed by atoms with Gasteiger partial charge in [-0.2, -0.15) is 0 Å². The first kappa shape index (κ1) is 43.5. The summed E-state index contributed by atoms with van der Waals surface area (Å²) in [5, 5.41) is 0. The zero-order valence-corrected chi connectivity index (χ0v) is 34.2. The average Bonchev–Trinajstić information content (AvgIpc) is 3.47. The number of thioether (sulfide) groups is 2. The third-order valence-corrected chi connectivity index (χ3v) is 16.0. The van der Waals surface area contributed by atoms with E-state index in [1.165, 1.54) is 0 Å². The van der Waals surface area contributed by atoms with Crippen LogP contribution in [0.15, 0.2) is 0 Å². The zero-order chi connectivity index (χ0) is 35.4. The van der Waals surface area contributed by atoms with Crippen LogP contribution in [0.1, 0.15) is 68.2 Å². The van der Waals surface area contributed by atoms with Crippen molar-refractivity contribution < 1.29 is 45.6 Å². The molecule has 2 fully saturated rings. The van der Waals surface area contributed by atoms with Gasteiger partial charge in [0.2, 0.25) is 0 Å². The molecule has 282 valence electrons. The molecule has 0 aromatic rings. The molecule has 0 aliphatic carbocycles. The van der Waals surface area contributed by atoms with E-state index in [2.05, 4.69) is 0 Å². The van der Waals surface area contributed by atoms with Crippen LogP contribution in [-0.4, -0.2) is 151 Å². The summed E-state index contributed by atoms with van der Waals surface area (Å²) in [6.07, 6.45) is 0.644. The van der Waals surface area contributed by atoms with E-state index in [0.29, 0.717) is 76.7 Å². The Morgan fingerprint density at radius 1 is 0.500 bits per heavy atom. The van der Waals surface area contributed by atoms with Crippen LogP contribution in [0.2, 0.25) is 12.1 Å². The Bertz CT molecular complexity index is 818. The van der Waals surface area contributed by atoms with Crippen LogP contribution in [0.3, 0.4) is 0 Å². The number of carbonyl (C=O) groups excluding carboxylic acids is 2.